The third-order valence-electron chi connectivity index (χ3n) is 1.85. The molecule has 66 valence electrons. The van der Waals surface area contributed by atoms with Crippen molar-refractivity contribution in [2.24, 2.45) is 0 Å². The third-order valence-corrected chi connectivity index (χ3v) is 2.16. The molecule has 0 aliphatic rings. The van der Waals surface area contributed by atoms with Crippen LogP contribution in [0.3, 0.4) is 0 Å². The van der Waals surface area contributed by atoms with Crippen LogP contribution in [0.4, 0.5) is 0 Å². The summed E-state index contributed by atoms with van der Waals surface area (Å²) in [6.07, 6.45) is 2.28. The van der Waals surface area contributed by atoms with Gasteiger partial charge in [-0.05, 0) is 17.5 Å². The maximum absolute atomic E-state index is 8.45. The van der Waals surface area contributed by atoms with Gasteiger partial charge >= 0.3 is 0 Å². The molecule has 0 atom stereocenters. The average Bonchev–Trinajstić information content (AvgIpc) is 2.18. The van der Waals surface area contributed by atoms with Crippen molar-refractivity contribution in [3.8, 4) is 6.07 Å². The van der Waals surface area contributed by atoms with Gasteiger partial charge in [-0.15, -0.1) is 0 Å². The molecule has 0 saturated heterocycles. The highest BCUT2D eigenvalue weighted by atomic mass is 35.5. The summed E-state index contributed by atoms with van der Waals surface area (Å²) in [5.41, 5.74) is 2.12. The highest BCUT2D eigenvalue weighted by Gasteiger charge is 2.02. The van der Waals surface area contributed by atoms with Gasteiger partial charge in [0.15, 0.2) is 0 Å². The Kier molecular flexibility index (Phi) is 3.54. The summed E-state index contributed by atoms with van der Waals surface area (Å²) < 4.78 is 0. The normalized spacial score (nSPS) is 11.0. The zero-order chi connectivity index (χ0) is 9.68. The van der Waals surface area contributed by atoms with Gasteiger partial charge in [-0.2, -0.15) is 5.26 Å². The van der Waals surface area contributed by atoms with Gasteiger partial charge in [-0.3, -0.25) is 0 Å². The average molecular weight is 192 g/mol. The Morgan fingerprint density at radius 2 is 2.23 bits per heavy atom. The highest BCUT2D eigenvalue weighted by molar-refractivity contribution is 6.49. The molecule has 0 heterocycles. The van der Waals surface area contributed by atoms with Crippen LogP contribution in [0, 0.1) is 11.3 Å². The number of halogens is 1. The first-order valence-electron chi connectivity index (χ1n) is 4.13. The van der Waals surface area contributed by atoms with Gasteiger partial charge in [0.1, 0.15) is 0 Å². The lowest BCUT2D eigenvalue weighted by Crippen LogP contribution is -1.87. The Morgan fingerprint density at radius 1 is 1.54 bits per heavy atom. The molecule has 1 aromatic rings. The summed E-state index contributed by atoms with van der Waals surface area (Å²) in [6, 6.07) is 9.76. The lowest BCUT2D eigenvalue weighted by molar-refractivity contribution is 1.13. The van der Waals surface area contributed by atoms with E-state index < -0.39 is 0 Å². The third kappa shape index (κ3) is 2.34. The number of nitriles is 1. The number of benzene rings is 1. The minimum absolute atomic E-state index is 0.514. The van der Waals surface area contributed by atoms with Crippen LogP contribution in [0.1, 0.15) is 18.1 Å². The van der Waals surface area contributed by atoms with E-state index in [1.54, 1.807) is 0 Å². The summed E-state index contributed by atoms with van der Waals surface area (Å²) >= 11 is 5.93. The molecule has 1 nitrogen and oxygen atoms in total. The van der Waals surface area contributed by atoms with Crippen molar-refractivity contribution < 1.29 is 0 Å². The van der Waals surface area contributed by atoms with E-state index >= 15 is 0 Å². The Balaban J connectivity index is 3.15. The van der Waals surface area contributed by atoms with E-state index in [1.807, 2.05) is 30.3 Å². The zero-order valence-corrected chi connectivity index (χ0v) is 8.17. The van der Waals surface area contributed by atoms with E-state index in [-0.39, 0.29) is 0 Å². The largest absolute Gasteiger partial charge is 0.193 e. The van der Waals surface area contributed by atoms with Crippen LogP contribution in [-0.4, -0.2) is 0 Å². The van der Waals surface area contributed by atoms with Crippen molar-refractivity contribution in [2.75, 3.05) is 0 Å². The van der Waals surface area contributed by atoms with Crippen LogP contribution < -0.4 is 0 Å². The number of hydrogen-bond acceptors (Lipinski definition) is 1. The molecule has 13 heavy (non-hydrogen) atoms. The molecule has 0 saturated carbocycles. The lowest BCUT2D eigenvalue weighted by atomic mass is 10.1. The van der Waals surface area contributed by atoms with Crippen LogP contribution in [0.2, 0.25) is 0 Å². The molecular formula is C11H10ClN. The second kappa shape index (κ2) is 4.69. The second-order valence-corrected chi connectivity index (χ2v) is 3.04. The second-order valence-electron chi connectivity index (χ2n) is 2.63. The predicted octanol–water partition coefficient (Wildman–Crippen LogP) is 3.35. The summed E-state index contributed by atoms with van der Waals surface area (Å²) in [5.74, 6) is 0. The molecule has 0 unspecified atom stereocenters. The van der Waals surface area contributed by atoms with Gasteiger partial charge in [-0.25, -0.2) is 0 Å². The smallest absolute Gasteiger partial charge is 0.0927 e. The van der Waals surface area contributed by atoms with Crippen molar-refractivity contribution >= 4 is 16.6 Å². The number of aryl methyl sites for hydroxylation is 1. The maximum Gasteiger partial charge on any atom is 0.0927 e. The van der Waals surface area contributed by atoms with E-state index in [1.165, 1.54) is 11.6 Å². The molecule has 0 aromatic heterocycles. The van der Waals surface area contributed by atoms with E-state index in [4.69, 9.17) is 16.9 Å². The molecule has 1 rings (SSSR count). The quantitative estimate of drug-likeness (QED) is 0.658. The van der Waals surface area contributed by atoms with Crippen molar-refractivity contribution in [1.29, 1.82) is 5.26 Å². The highest BCUT2D eigenvalue weighted by Crippen LogP contribution is 2.22. The van der Waals surface area contributed by atoms with Crippen LogP contribution in [0.25, 0.3) is 5.03 Å². The number of hydrogen-bond donors (Lipinski definition) is 0. The van der Waals surface area contributed by atoms with E-state index in [0.29, 0.717) is 5.03 Å². The molecule has 0 amide bonds. The molecular weight excluding hydrogens is 182 g/mol. The maximum atomic E-state index is 8.45. The monoisotopic (exact) mass is 191 g/mol. The van der Waals surface area contributed by atoms with Gasteiger partial charge < -0.3 is 0 Å². The Labute approximate surface area is 83.3 Å². The molecule has 2 heteroatoms. The van der Waals surface area contributed by atoms with Crippen molar-refractivity contribution in [3.05, 3.63) is 41.5 Å². The van der Waals surface area contributed by atoms with E-state index in [2.05, 4.69) is 6.92 Å². The topological polar surface area (TPSA) is 23.8 Å². The van der Waals surface area contributed by atoms with Crippen LogP contribution in [-0.2, 0) is 6.42 Å². The first-order valence-corrected chi connectivity index (χ1v) is 4.51. The van der Waals surface area contributed by atoms with Gasteiger partial charge in [0.2, 0.25) is 0 Å². The van der Waals surface area contributed by atoms with Crippen LogP contribution >= 0.6 is 11.6 Å². The summed E-state index contributed by atoms with van der Waals surface area (Å²) in [7, 11) is 0. The molecule has 0 aliphatic carbocycles. The molecule has 0 spiro atoms. The minimum atomic E-state index is 0.514. The van der Waals surface area contributed by atoms with Crippen molar-refractivity contribution in [1.82, 2.24) is 0 Å². The molecule has 0 aliphatic heterocycles. The first kappa shape index (κ1) is 9.83. The Bertz CT molecular complexity index is 361. The van der Waals surface area contributed by atoms with Crippen LogP contribution in [0.15, 0.2) is 30.3 Å². The standard InChI is InChI=1S/C11H10ClN/c1-2-9-5-3-4-6-10(9)11(12)7-8-13/h3-7H,2H2,1H3. The summed E-state index contributed by atoms with van der Waals surface area (Å²) in [4.78, 5) is 0. The number of nitrogens with zero attached hydrogens (tertiary/aromatic N) is 1. The van der Waals surface area contributed by atoms with E-state index in [0.717, 1.165) is 12.0 Å². The molecule has 0 N–H and O–H groups in total. The predicted molar refractivity (Wildman–Crippen MR) is 55.3 cm³/mol. The van der Waals surface area contributed by atoms with Gasteiger partial charge in [0.25, 0.3) is 0 Å². The van der Waals surface area contributed by atoms with Gasteiger partial charge in [0.05, 0.1) is 11.1 Å². The molecule has 1 aromatic carbocycles. The Hall–Kier alpha value is -1.26. The lowest BCUT2D eigenvalue weighted by Gasteiger charge is -2.04. The van der Waals surface area contributed by atoms with Crippen molar-refractivity contribution in [3.63, 3.8) is 0 Å². The zero-order valence-electron chi connectivity index (χ0n) is 7.42. The van der Waals surface area contributed by atoms with Gasteiger partial charge in [0, 0.05) is 6.08 Å². The Morgan fingerprint density at radius 3 is 2.85 bits per heavy atom. The SMILES string of the molecule is CCc1ccccc1C(Cl)=CC#N. The number of rotatable bonds is 2. The molecule has 0 bridgehead atoms. The van der Waals surface area contributed by atoms with Gasteiger partial charge in [-0.1, -0.05) is 42.8 Å². The van der Waals surface area contributed by atoms with Crippen LogP contribution in [0.5, 0.6) is 0 Å². The summed E-state index contributed by atoms with van der Waals surface area (Å²) in [6.45, 7) is 2.06. The van der Waals surface area contributed by atoms with E-state index in [9.17, 15) is 0 Å². The minimum Gasteiger partial charge on any atom is -0.193 e. The fraction of sp³-hybridized carbons (Fsp3) is 0.182. The molecule has 0 fully saturated rings. The molecule has 0 radical (unpaired) electrons. The summed E-state index contributed by atoms with van der Waals surface area (Å²) in [5, 5.41) is 8.96. The fourth-order valence-corrected chi connectivity index (χ4v) is 1.43. The fourth-order valence-electron chi connectivity index (χ4n) is 1.20. The first-order chi connectivity index (χ1) is 6.29. The number of allylic oxidation sites excluding steroid dienone is 1. The van der Waals surface area contributed by atoms with Crippen molar-refractivity contribution in [2.45, 2.75) is 13.3 Å².